The third kappa shape index (κ3) is 3.37. The molecule has 0 aliphatic heterocycles. The summed E-state index contributed by atoms with van der Waals surface area (Å²) in [7, 11) is 2.89. The molecule has 0 spiro atoms. The van der Waals surface area contributed by atoms with Gasteiger partial charge in [-0.2, -0.15) is 0 Å². The zero-order chi connectivity index (χ0) is 10.4. The maximum absolute atomic E-state index is 2.89. The van der Waals surface area contributed by atoms with Crippen LogP contribution in [0, 0.1) is 0 Å². The summed E-state index contributed by atoms with van der Waals surface area (Å²) in [6, 6.07) is 0. The summed E-state index contributed by atoms with van der Waals surface area (Å²) < 4.78 is 1.46. The van der Waals surface area contributed by atoms with Gasteiger partial charge in [0.1, 0.15) is 0 Å². The largest absolute Gasteiger partial charge is 0.144 e. The normalized spacial score (nSPS) is 10.8. The van der Waals surface area contributed by atoms with E-state index in [9.17, 15) is 0 Å². The molecule has 1 aromatic heterocycles. The van der Waals surface area contributed by atoms with Gasteiger partial charge >= 0.3 is 0 Å². The first-order chi connectivity index (χ1) is 6.79. The van der Waals surface area contributed by atoms with Gasteiger partial charge < -0.3 is 0 Å². The second kappa shape index (κ2) is 6.58. The molecule has 0 fully saturated rings. The van der Waals surface area contributed by atoms with Crippen molar-refractivity contribution in [3.8, 4) is 0 Å². The van der Waals surface area contributed by atoms with Gasteiger partial charge in [-0.15, -0.1) is 11.3 Å². The summed E-state index contributed by atoms with van der Waals surface area (Å²) in [5.41, 5.74) is 3.23. The predicted octanol–water partition coefficient (Wildman–Crippen LogP) is 3.93. The molecule has 1 atom stereocenters. The molecular weight excluding hydrogens is 207 g/mol. The molecule has 80 valence electrons. The number of thiophene rings is 1. The third-order valence-electron chi connectivity index (χ3n) is 2.59. The Kier molecular flexibility index (Phi) is 5.74. The molecule has 0 aliphatic carbocycles. The highest BCUT2D eigenvalue weighted by molar-refractivity contribution is 7.43. The summed E-state index contributed by atoms with van der Waals surface area (Å²) in [4.78, 5) is 0. The summed E-state index contributed by atoms with van der Waals surface area (Å²) in [6.45, 7) is 4.53. The van der Waals surface area contributed by atoms with Crippen molar-refractivity contribution in [1.82, 2.24) is 0 Å². The third-order valence-corrected chi connectivity index (χ3v) is 4.25. The summed E-state index contributed by atoms with van der Waals surface area (Å²) in [5, 5.41) is 2.35. The van der Waals surface area contributed by atoms with Crippen molar-refractivity contribution in [2.24, 2.45) is 0 Å². The minimum atomic E-state index is 1.28. The average molecular weight is 228 g/mol. The van der Waals surface area contributed by atoms with Crippen LogP contribution in [-0.4, -0.2) is 0 Å². The molecule has 0 N–H and O–H groups in total. The molecule has 0 radical (unpaired) electrons. The second-order valence-electron chi connectivity index (χ2n) is 3.81. The standard InChI is InChI=1S/C12H21PS/c1-3-5-7-10-9-14-12(13)11(10)8-6-4-2/h9H,3-8,13H2,1-2H3. The Hall–Kier alpha value is 0.130. The minimum Gasteiger partial charge on any atom is -0.144 e. The molecule has 1 rings (SSSR count). The first-order valence-electron chi connectivity index (χ1n) is 5.64. The van der Waals surface area contributed by atoms with Gasteiger partial charge in [0.25, 0.3) is 0 Å². The fourth-order valence-electron chi connectivity index (χ4n) is 1.65. The predicted molar refractivity (Wildman–Crippen MR) is 70.9 cm³/mol. The van der Waals surface area contributed by atoms with Crippen molar-refractivity contribution in [2.75, 3.05) is 0 Å². The molecule has 0 saturated carbocycles. The van der Waals surface area contributed by atoms with Crippen molar-refractivity contribution < 1.29 is 0 Å². The Morgan fingerprint density at radius 3 is 2.43 bits per heavy atom. The van der Waals surface area contributed by atoms with Crippen LogP contribution in [0.2, 0.25) is 0 Å². The van der Waals surface area contributed by atoms with Gasteiger partial charge in [-0.1, -0.05) is 35.9 Å². The number of rotatable bonds is 6. The van der Waals surface area contributed by atoms with E-state index in [1.807, 2.05) is 11.3 Å². The molecule has 0 amide bonds. The Labute approximate surface area is 94.3 Å². The van der Waals surface area contributed by atoms with Crippen LogP contribution < -0.4 is 4.62 Å². The molecule has 0 saturated heterocycles. The van der Waals surface area contributed by atoms with E-state index in [4.69, 9.17) is 0 Å². The number of hydrogen-bond acceptors (Lipinski definition) is 1. The Balaban J connectivity index is 2.62. The Morgan fingerprint density at radius 1 is 1.14 bits per heavy atom. The maximum atomic E-state index is 2.89. The summed E-state index contributed by atoms with van der Waals surface area (Å²) in [6.07, 6.45) is 7.82. The van der Waals surface area contributed by atoms with Crippen LogP contribution >= 0.6 is 20.6 Å². The van der Waals surface area contributed by atoms with Crippen LogP contribution in [0.3, 0.4) is 0 Å². The van der Waals surface area contributed by atoms with Crippen LogP contribution in [-0.2, 0) is 12.8 Å². The van der Waals surface area contributed by atoms with Crippen molar-refractivity contribution in [1.29, 1.82) is 0 Å². The van der Waals surface area contributed by atoms with E-state index in [0.29, 0.717) is 0 Å². The SMILES string of the molecule is CCCCc1csc(P)c1CCCC. The summed E-state index contributed by atoms with van der Waals surface area (Å²) in [5.74, 6) is 0. The van der Waals surface area contributed by atoms with Crippen LogP contribution in [0.4, 0.5) is 0 Å². The van der Waals surface area contributed by atoms with Crippen molar-refractivity contribution in [3.05, 3.63) is 16.5 Å². The van der Waals surface area contributed by atoms with E-state index in [1.54, 1.807) is 11.1 Å². The molecule has 0 aromatic carbocycles. The molecule has 2 heteroatoms. The molecule has 0 nitrogen and oxygen atoms in total. The topological polar surface area (TPSA) is 0 Å². The maximum Gasteiger partial charge on any atom is 0.0251 e. The quantitative estimate of drug-likeness (QED) is 0.647. The van der Waals surface area contributed by atoms with Gasteiger partial charge in [0.15, 0.2) is 0 Å². The fraction of sp³-hybridized carbons (Fsp3) is 0.667. The minimum absolute atomic E-state index is 1.28. The molecule has 0 bridgehead atoms. The highest BCUT2D eigenvalue weighted by atomic mass is 32.1. The first-order valence-corrected chi connectivity index (χ1v) is 7.10. The zero-order valence-electron chi connectivity index (χ0n) is 9.31. The van der Waals surface area contributed by atoms with Gasteiger partial charge in [0, 0.05) is 4.62 Å². The van der Waals surface area contributed by atoms with Crippen molar-refractivity contribution in [3.63, 3.8) is 0 Å². The molecule has 1 heterocycles. The van der Waals surface area contributed by atoms with Crippen LogP contribution in [0.25, 0.3) is 0 Å². The number of hydrogen-bond donors (Lipinski definition) is 0. The first kappa shape index (κ1) is 12.2. The molecule has 1 unspecified atom stereocenters. The number of unbranched alkanes of at least 4 members (excludes halogenated alkanes) is 2. The van der Waals surface area contributed by atoms with Crippen LogP contribution in [0.5, 0.6) is 0 Å². The molecular formula is C12H21PS. The van der Waals surface area contributed by atoms with Gasteiger partial charge in [-0.3, -0.25) is 0 Å². The lowest BCUT2D eigenvalue weighted by Crippen LogP contribution is -1.99. The molecule has 0 aliphatic rings. The Morgan fingerprint density at radius 2 is 1.79 bits per heavy atom. The monoisotopic (exact) mass is 228 g/mol. The molecule has 14 heavy (non-hydrogen) atoms. The highest BCUT2D eigenvalue weighted by Crippen LogP contribution is 2.20. The van der Waals surface area contributed by atoms with Crippen molar-refractivity contribution >= 4 is 25.2 Å². The van der Waals surface area contributed by atoms with E-state index < -0.39 is 0 Å². The Bertz CT molecular complexity index is 265. The smallest absolute Gasteiger partial charge is 0.0251 e. The average Bonchev–Trinajstić information content (AvgIpc) is 2.53. The van der Waals surface area contributed by atoms with Gasteiger partial charge in [-0.25, -0.2) is 0 Å². The van der Waals surface area contributed by atoms with Gasteiger partial charge in [0.05, 0.1) is 0 Å². The fourth-order valence-corrected chi connectivity index (χ4v) is 3.09. The van der Waals surface area contributed by atoms with E-state index in [-0.39, 0.29) is 0 Å². The lowest BCUT2D eigenvalue weighted by atomic mass is 10.0. The lowest BCUT2D eigenvalue weighted by molar-refractivity contribution is 0.764. The lowest BCUT2D eigenvalue weighted by Gasteiger charge is -2.04. The van der Waals surface area contributed by atoms with Gasteiger partial charge in [0.2, 0.25) is 0 Å². The van der Waals surface area contributed by atoms with E-state index in [0.717, 1.165) is 0 Å². The van der Waals surface area contributed by atoms with E-state index >= 15 is 0 Å². The highest BCUT2D eigenvalue weighted by Gasteiger charge is 2.07. The van der Waals surface area contributed by atoms with E-state index in [1.165, 1.54) is 43.1 Å². The molecule has 1 aromatic rings. The van der Waals surface area contributed by atoms with Crippen LogP contribution in [0.15, 0.2) is 5.38 Å². The zero-order valence-corrected chi connectivity index (χ0v) is 11.3. The van der Waals surface area contributed by atoms with Gasteiger partial charge in [-0.05, 0) is 42.2 Å². The van der Waals surface area contributed by atoms with Crippen LogP contribution in [0.1, 0.15) is 50.7 Å². The van der Waals surface area contributed by atoms with Crippen molar-refractivity contribution in [2.45, 2.75) is 52.4 Å². The second-order valence-corrected chi connectivity index (χ2v) is 5.72. The summed E-state index contributed by atoms with van der Waals surface area (Å²) >= 11 is 1.89. The number of aryl methyl sites for hydroxylation is 1. The van der Waals surface area contributed by atoms with E-state index in [2.05, 4.69) is 28.5 Å².